The Labute approximate surface area is 258 Å². The Morgan fingerprint density at radius 2 is 1.90 bits per heavy atom. The fourth-order valence-corrected chi connectivity index (χ4v) is 6.40. The Morgan fingerprint density at radius 1 is 1.17 bits per heavy atom. The van der Waals surface area contributed by atoms with E-state index in [1.807, 2.05) is 13.1 Å². The highest BCUT2D eigenvalue weighted by Gasteiger charge is 2.29. The number of hydrogen-bond acceptors (Lipinski definition) is 9. The third-order valence-electron chi connectivity index (χ3n) is 7.93. The van der Waals surface area contributed by atoms with Gasteiger partial charge < -0.3 is 30.2 Å². The predicted octanol–water partition coefficient (Wildman–Crippen LogP) is 5.48. The van der Waals surface area contributed by atoms with Crippen LogP contribution >= 0.6 is 11.8 Å². The van der Waals surface area contributed by atoms with E-state index in [9.17, 15) is 4.39 Å². The van der Waals surface area contributed by atoms with Gasteiger partial charge in [-0.2, -0.15) is 0 Å². The molecule has 0 amide bonds. The van der Waals surface area contributed by atoms with Crippen LogP contribution in [0, 0.1) is 5.92 Å². The molecule has 8 nitrogen and oxygen atoms in total. The number of aromatic nitrogens is 1. The van der Waals surface area contributed by atoms with Gasteiger partial charge in [-0.1, -0.05) is 38.8 Å². The summed E-state index contributed by atoms with van der Waals surface area (Å²) >= 11 is 1.79. The van der Waals surface area contributed by atoms with Crippen molar-refractivity contribution in [3.63, 3.8) is 0 Å². The molecule has 3 N–H and O–H groups in total. The lowest BCUT2D eigenvalue weighted by molar-refractivity contribution is 0.127. The number of rotatable bonds is 15. The third-order valence-corrected chi connectivity index (χ3v) is 9.47. The lowest BCUT2D eigenvalue weighted by atomic mass is 9.83. The molecule has 0 bridgehead atoms. The maximum atomic E-state index is 9.50. The van der Waals surface area contributed by atoms with E-state index in [-0.39, 0.29) is 11.4 Å². The number of thioether (sulfide) groups is 1. The zero-order valence-electron chi connectivity index (χ0n) is 26.7. The van der Waals surface area contributed by atoms with Crippen molar-refractivity contribution >= 4 is 11.8 Å². The number of ether oxygens (including phenoxy) is 3. The number of nitrogens with one attached hydrogen (secondary N) is 1. The van der Waals surface area contributed by atoms with Gasteiger partial charge in [-0.25, -0.2) is 0 Å². The summed E-state index contributed by atoms with van der Waals surface area (Å²) in [6.45, 7) is 16.6. The summed E-state index contributed by atoms with van der Waals surface area (Å²) in [4.78, 5) is 10.7. The van der Waals surface area contributed by atoms with Crippen molar-refractivity contribution in [2.45, 2.75) is 70.3 Å². The van der Waals surface area contributed by atoms with Gasteiger partial charge in [0.2, 0.25) is 0 Å². The van der Waals surface area contributed by atoms with Gasteiger partial charge in [0, 0.05) is 89.9 Å². The van der Waals surface area contributed by atoms with Crippen LogP contribution in [-0.2, 0) is 20.8 Å². The maximum Gasteiger partial charge on any atom is 0.0940 e. The minimum absolute atomic E-state index is 0.0450. The summed E-state index contributed by atoms with van der Waals surface area (Å²) < 4.78 is 25.4. The number of methoxy groups -OCH3 is 2. The molecule has 1 aromatic rings. The molecular weight excluding hydrogens is 553 g/mol. The first kappa shape index (κ1) is 36.3. The molecule has 0 spiro atoms. The van der Waals surface area contributed by atoms with E-state index < -0.39 is 0 Å². The Kier molecular flexibility index (Phi) is 18.1. The second-order valence-corrected chi connectivity index (χ2v) is 12.2. The highest BCUT2D eigenvalue weighted by molar-refractivity contribution is 8.03. The molecule has 0 aromatic carbocycles. The number of halogens is 1. The highest BCUT2D eigenvalue weighted by Crippen LogP contribution is 2.47. The molecule has 42 heavy (non-hydrogen) atoms. The first-order chi connectivity index (χ1) is 20.4. The average Bonchev–Trinajstić information content (AvgIpc) is 3.39. The molecule has 1 saturated heterocycles. The largest absolute Gasteiger partial charge is 0.401 e. The molecule has 4 rings (SSSR count). The molecule has 1 aromatic heterocycles. The van der Waals surface area contributed by atoms with Gasteiger partial charge in [0.1, 0.15) is 0 Å². The van der Waals surface area contributed by atoms with Crippen LogP contribution < -0.4 is 11.1 Å². The number of alkyl halides is 1. The van der Waals surface area contributed by atoms with E-state index in [1.165, 1.54) is 31.2 Å². The van der Waals surface area contributed by atoms with E-state index in [0.29, 0.717) is 7.18 Å². The van der Waals surface area contributed by atoms with Crippen molar-refractivity contribution in [3.05, 3.63) is 52.6 Å². The fraction of sp³-hybridized carbons (Fsp3) is 0.719. The number of pyridine rings is 1. The van der Waals surface area contributed by atoms with Gasteiger partial charge in [0.25, 0.3) is 0 Å². The Hall–Kier alpha value is -1.85. The quantitative estimate of drug-likeness (QED) is 0.251. The second kappa shape index (κ2) is 21.0. The molecular formula is C32H56FN5O3S. The van der Waals surface area contributed by atoms with E-state index in [1.54, 1.807) is 26.0 Å². The molecule has 240 valence electrons. The zero-order chi connectivity index (χ0) is 30.7. The summed E-state index contributed by atoms with van der Waals surface area (Å²) in [6, 6.07) is 4.36. The third kappa shape index (κ3) is 12.4. The summed E-state index contributed by atoms with van der Waals surface area (Å²) in [5.41, 5.74) is 9.52. The molecule has 0 radical (unpaired) electrons. The first-order valence-electron chi connectivity index (χ1n) is 15.4. The number of nitrogens with two attached hydrogens (primary N) is 1. The predicted molar refractivity (Wildman–Crippen MR) is 173 cm³/mol. The Morgan fingerprint density at radius 3 is 2.48 bits per heavy atom. The molecule has 10 heteroatoms. The Bertz CT molecular complexity index is 908. The summed E-state index contributed by atoms with van der Waals surface area (Å²) in [6.07, 6.45) is 9.60. The molecule has 2 aliphatic heterocycles. The number of piperazine rings is 1. The zero-order valence-corrected chi connectivity index (χ0v) is 27.5. The van der Waals surface area contributed by atoms with Gasteiger partial charge >= 0.3 is 0 Å². The molecule has 2 fully saturated rings. The van der Waals surface area contributed by atoms with Crippen molar-refractivity contribution < 1.29 is 18.6 Å². The lowest BCUT2D eigenvalue weighted by Crippen LogP contribution is -2.47. The highest BCUT2D eigenvalue weighted by atomic mass is 32.2. The van der Waals surface area contributed by atoms with Crippen LogP contribution in [0.3, 0.4) is 0 Å². The minimum Gasteiger partial charge on any atom is -0.401 e. The second-order valence-electron chi connectivity index (χ2n) is 11.0. The van der Waals surface area contributed by atoms with E-state index >= 15 is 0 Å². The van der Waals surface area contributed by atoms with Crippen LogP contribution in [-0.4, -0.2) is 94.8 Å². The van der Waals surface area contributed by atoms with Gasteiger partial charge in [0.05, 0.1) is 36.7 Å². The van der Waals surface area contributed by atoms with Gasteiger partial charge in [-0.3, -0.25) is 14.3 Å². The van der Waals surface area contributed by atoms with Gasteiger partial charge in [0.15, 0.2) is 0 Å². The number of nitrogens with zero attached hydrogens (tertiary/aromatic N) is 3. The van der Waals surface area contributed by atoms with E-state index in [4.69, 9.17) is 24.9 Å². The van der Waals surface area contributed by atoms with Crippen LogP contribution in [0.15, 0.2) is 41.3 Å². The van der Waals surface area contributed by atoms with Crippen LogP contribution in [0.1, 0.15) is 68.9 Å². The molecule has 3 heterocycles. The topological polar surface area (TPSA) is 85.1 Å². The van der Waals surface area contributed by atoms with Crippen LogP contribution in [0.25, 0.3) is 0 Å². The smallest absolute Gasteiger partial charge is 0.0940 e. The molecule has 2 unspecified atom stereocenters. The van der Waals surface area contributed by atoms with Gasteiger partial charge in [-0.15, -0.1) is 11.8 Å². The van der Waals surface area contributed by atoms with Crippen LogP contribution in [0.2, 0.25) is 0 Å². The van der Waals surface area contributed by atoms with Crippen molar-refractivity contribution in [2.75, 3.05) is 73.9 Å². The molecule has 1 aliphatic carbocycles. The first-order valence-corrected chi connectivity index (χ1v) is 16.3. The molecule has 3 aliphatic rings. The number of hydrogen-bond donors (Lipinski definition) is 2. The van der Waals surface area contributed by atoms with Gasteiger partial charge in [-0.05, 0) is 37.3 Å². The summed E-state index contributed by atoms with van der Waals surface area (Å²) in [5, 5.41) is 3.66. The van der Waals surface area contributed by atoms with Crippen molar-refractivity contribution in [1.29, 1.82) is 0 Å². The van der Waals surface area contributed by atoms with E-state index in [2.05, 4.69) is 40.8 Å². The molecule has 1 saturated carbocycles. The van der Waals surface area contributed by atoms with Crippen molar-refractivity contribution in [1.82, 2.24) is 20.1 Å². The standard InChI is InChI=1S/C24H39N5O2S.C7H14O.CH3F/c1-5-13-31-14-8-26-19(3)29-11-9-28(10-12-29)17-20-6-7-22(27-16-20)23-15-21(25)24(32-23)18(2)30-4;1-8-6-5-7-3-2-4-7;1-2/h6-7,16,18,23,26H,3,5,8-15,17,25H2,1-2,4H3;7H,2-6H2,1H3;1H3. The Balaban J connectivity index is 0.000000525. The SMILES string of the molecule is C=C(NCCOCCC)N1CCN(Cc2ccc(C3CC(N)=C(C(C)OC)S3)nc2)CC1.CF.COCCC1CCC1. The average molecular weight is 610 g/mol. The normalized spacial score (nSPS) is 19.8. The van der Waals surface area contributed by atoms with Crippen LogP contribution in [0.4, 0.5) is 4.39 Å². The monoisotopic (exact) mass is 609 g/mol. The lowest BCUT2D eigenvalue weighted by Gasteiger charge is -2.37. The number of allylic oxidation sites excluding steroid dienone is 1. The van der Waals surface area contributed by atoms with Crippen molar-refractivity contribution in [2.24, 2.45) is 11.7 Å². The summed E-state index contributed by atoms with van der Waals surface area (Å²) in [5.74, 6) is 2.01. The maximum absolute atomic E-state index is 9.50. The van der Waals surface area contributed by atoms with Crippen molar-refractivity contribution in [3.8, 4) is 0 Å². The summed E-state index contributed by atoms with van der Waals surface area (Å²) in [7, 11) is 4.00. The fourth-order valence-electron chi connectivity index (χ4n) is 5.05. The minimum atomic E-state index is 0.0450. The van der Waals surface area contributed by atoms with E-state index in [0.717, 1.165) is 100.0 Å². The van der Waals surface area contributed by atoms with Crippen LogP contribution in [0.5, 0.6) is 0 Å². The molecule has 2 atom stereocenters.